The normalized spacial score (nSPS) is 11.0. The fraction of sp³-hybridized carbons (Fsp3) is 0.345. The fourth-order valence-electron chi connectivity index (χ4n) is 4.10. The molecule has 0 saturated carbocycles. The van der Waals surface area contributed by atoms with Crippen molar-refractivity contribution in [2.45, 2.75) is 52.2 Å². The summed E-state index contributed by atoms with van der Waals surface area (Å²) in [5, 5.41) is 9.35. The molecule has 0 amide bonds. The number of allylic oxidation sites excluding steroid dienone is 1. The van der Waals surface area contributed by atoms with Crippen LogP contribution in [0.1, 0.15) is 42.5 Å². The summed E-state index contributed by atoms with van der Waals surface area (Å²) in [5.41, 5.74) is 3.01. The lowest BCUT2D eigenvalue weighted by Gasteiger charge is -2.10. The van der Waals surface area contributed by atoms with Gasteiger partial charge in [-0.25, -0.2) is 4.79 Å². The van der Waals surface area contributed by atoms with E-state index in [4.69, 9.17) is 18.6 Å². The van der Waals surface area contributed by atoms with Crippen molar-refractivity contribution in [3.63, 3.8) is 0 Å². The number of ether oxygens (including phenoxy) is 3. The summed E-state index contributed by atoms with van der Waals surface area (Å²) in [6, 6.07) is 13.0. The number of hydrogen-bond acceptors (Lipinski definition) is 7. The molecule has 8 nitrogen and oxygen atoms in total. The predicted molar refractivity (Wildman–Crippen MR) is 142 cm³/mol. The molecule has 37 heavy (non-hydrogen) atoms. The van der Waals surface area contributed by atoms with E-state index in [1.807, 2.05) is 54.2 Å². The molecule has 0 aliphatic heterocycles. The molecule has 0 aliphatic carbocycles. The number of rotatable bonds is 14. The molecule has 0 fully saturated rings. The minimum absolute atomic E-state index is 0.326. The molecule has 0 spiro atoms. The lowest BCUT2D eigenvalue weighted by molar-refractivity contribution is 0.280. The van der Waals surface area contributed by atoms with Crippen LogP contribution >= 0.6 is 0 Å². The molecule has 0 unspecified atom stereocenters. The van der Waals surface area contributed by atoms with Crippen LogP contribution in [-0.4, -0.2) is 28.7 Å². The highest BCUT2D eigenvalue weighted by molar-refractivity contribution is 5.81. The van der Waals surface area contributed by atoms with Gasteiger partial charge in [0.15, 0.2) is 11.5 Å². The van der Waals surface area contributed by atoms with Gasteiger partial charge in [-0.3, -0.25) is 4.68 Å². The van der Waals surface area contributed by atoms with Crippen LogP contribution in [0.5, 0.6) is 17.2 Å². The van der Waals surface area contributed by atoms with E-state index < -0.39 is 0 Å². The minimum Gasteiger partial charge on any atom is -0.493 e. The highest BCUT2D eigenvalue weighted by atomic mass is 16.5. The molecule has 4 aromatic rings. The maximum Gasteiger partial charge on any atom is 0.336 e. The third kappa shape index (κ3) is 7.22. The van der Waals surface area contributed by atoms with Gasteiger partial charge in [-0.2, -0.15) is 0 Å². The van der Waals surface area contributed by atoms with Crippen LogP contribution in [0.25, 0.3) is 11.0 Å². The number of unbranched alkanes of at least 4 members (excludes halogenated alkanes) is 3. The lowest BCUT2D eigenvalue weighted by Crippen LogP contribution is -2.01. The zero-order chi connectivity index (χ0) is 26.0. The molecule has 0 bridgehead atoms. The third-order valence-corrected chi connectivity index (χ3v) is 6.04. The number of hydrogen-bond donors (Lipinski definition) is 0. The first-order chi connectivity index (χ1) is 18.1. The Morgan fingerprint density at radius 2 is 1.89 bits per heavy atom. The Morgan fingerprint density at radius 1 is 1.03 bits per heavy atom. The summed E-state index contributed by atoms with van der Waals surface area (Å²) < 4.78 is 24.3. The molecule has 0 saturated heterocycles. The first kappa shape index (κ1) is 26.0. The van der Waals surface area contributed by atoms with Crippen molar-refractivity contribution in [1.82, 2.24) is 15.0 Å². The number of aryl methyl sites for hydroxylation is 2. The first-order valence-corrected chi connectivity index (χ1v) is 12.5. The second-order valence-electron chi connectivity index (χ2n) is 8.91. The summed E-state index contributed by atoms with van der Waals surface area (Å²) in [5.74, 6) is 2.08. The van der Waals surface area contributed by atoms with Crippen LogP contribution in [0.3, 0.4) is 0 Å². The Labute approximate surface area is 216 Å². The summed E-state index contributed by atoms with van der Waals surface area (Å²) >= 11 is 0. The summed E-state index contributed by atoms with van der Waals surface area (Å²) in [4.78, 5) is 11.6. The fourth-order valence-corrected chi connectivity index (χ4v) is 4.10. The van der Waals surface area contributed by atoms with Gasteiger partial charge in [-0.05, 0) is 68.0 Å². The zero-order valence-electron chi connectivity index (χ0n) is 21.4. The average Bonchev–Trinajstić information content (AvgIpc) is 3.34. The highest BCUT2D eigenvalue weighted by Gasteiger charge is 2.08. The van der Waals surface area contributed by atoms with Crippen LogP contribution in [0.2, 0.25) is 0 Å². The summed E-state index contributed by atoms with van der Waals surface area (Å²) in [7, 11) is 1.63. The largest absolute Gasteiger partial charge is 0.493 e. The van der Waals surface area contributed by atoms with E-state index in [0.29, 0.717) is 36.0 Å². The third-order valence-electron chi connectivity index (χ3n) is 6.04. The van der Waals surface area contributed by atoms with Crippen LogP contribution in [0, 0.1) is 6.92 Å². The van der Waals surface area contributed by atoms with Crippen LogP contribution < -0.4 is 19.8 Å². The maximum atomic E-state index is 11.6. The van der Waals surface area contributed by atoms with Gasteiger partial charge in [-0.15, -0.1) is 11.7 Å². The zero-order valence-corrected chi connectivity index (χ0v) is 21.4. The van der Waals surface area contributed by atoms with E-state index in [0.717, 1.165) is 60.9 Å². The molecule has 0 radical (unpaired) electrons. The quantitative estimate of drug-likeness (QED) is 0.125. The predicted octanol–water partition coefficient (Wildman–Crippen LogP) is 5.65. The van der Waals surface area contributed by atoms with E-state index in [1.54, 1.807) is 13.2 Å². The Morgan fingerprint density at radius 3 is 2.73 bits per heavy atom. The maximum absolute atomic E-state index is 11.6. The highest BCUT2D eigenvalue weighted by Crippen LogP contribution is 2.29. The van der Waals surface area contributed by atoms with Gasteiger partial charge in [0, 0.05) is 24.1 Å². The Balaban J connectivity index is 1.14. The lowest BCUT2D eigenvalue weighted by atomic mass is 10.1. The molecule has 2 heterocycles. The van der Waals surface area contributed by atoms with Gasteiger partial charge >= 0.3 is 5.63 Å². The standard InChI is InChI=1S/C29H33N3O5/c1-4-9-22-10-13-26(28(17-22)34-3)36-20-23-19-32(31-30-23)14-7-5-6-8-15-35-24-11-12-25-21(2)16-29(33)37-27(25)18-24/h4,10-13,16-19H,1,5-9,14-15,20H2,2-3H3. The minimum atomic E-state index is -0.344. The summed E-state index contributed by atoms with van der Waals surface area (Å²) in [6.45, 7) is 7.41. The number of aromatic nitrogens is 3. The number of nitrogens with zero attached hydrogens (tertiary/aromatic N) is 3. The van der Waals surface area contributed by atoms with E-state index in [9.17, 15) is 4.79 Å². The number of benzene rings is 2. The molecule has 2 aromatic carbocycles. The van der Waals surface area contributed by atoms with Gasteiger partial charge in [-0.1, -0.05) is 23.8 Å². The van der Waals surface area contributed by atoms with E-state index in [1.165, 1.54) is 6.07 Å². The Bertz CT molecular complexity index is 1390. The molecule has 194 valence electrons. The van der Waals surface area contributed by atoms with Crippen molar-refractivity contribution in [3.05, 3.63) is 88.6 Å². The molecule has 0 atom stereocenters. The molecule has 0 aliphatic rings. The molecular formula is C29H33N3O5. The molecule has 8 heteroatoms. The number of methoxy groups -OCH3 is 1. The molecule has 2 aromatic heterocycles. The smallest absolute Gasteiger partial charge is 0.336 e. The van der Waals surface area contributed by atoms with Gasteiger partial charge in [0.1, 0.15) is 23.6 Å². The van der Waals surface area contributed by atoms with Gasteiger partial charge in [0.25, 0.3) is 0 Å². The van der Waals surface area contributed by atoms with Crippen LogP contribution in [-0.2, 0) is 19.6 Å². The van der Waals surface area contributed by atoms with Crippen molar-refractivity contribution in [2.24, 2.45) is 0 Å². The van der Waals surface area contributed by atoms with E-state index >= 15 is 0 Å². The first-order valence-electron chi connectivity index (χ1n) is 12.5. The van der Waals surface area contributed by atoms with Gasteiger partial charge in [0.2, 0.25) is 0 Å². The molecule has 4 rings (SSSR count). The SMILES string of the molecule is C=CCc1ccc(OCc2cn(CCCCCCOc3ccc4c(C)cc(=O)oc4c3)nn2)c(OC)c1. The van der Waals surface area contributed by atoms with Crippen LogP contribution in [0.4, 0.5) is 0 Å². The Hall–Kier alpha value is -4.07. The van der Waals surface area contributed by atoms with Crippen molar-refractivity contribution in [1.29, 1.82) is 0 Å². The summed E-state index contributed by atoms with van der Waals surface area (Å²) in [6.07, 6.45) is 8.62. The van der Waals surface area contributed by atoms with Gasteiger partial charge in [0.05, 0.1) is 19.9 Å². The van der Waals surface area contributed by atoms with Gasteiger partial charge < -0.3 is 18.6 Å². The van der Waals surface area contributed by atoms with E-state index in [-0.39, 0.29) is 5.63 Å². The average molecular weight is 504 g/mol. The van der Waals surface area contributed by atoms with E-state index in [2.05, 4.69) is 16.9 Å². The second kappa shape index (κ2) is 12.8. The van der Waals surface area contributed by atoms with Crippen molar-refractivity contribution < 1.29 is 18.6 Å². The topological polar surface area (TPSA) is 88.6 Å². The monoisotopic (exact) mass is 503 g/mol. The van der Waals surface area contributed by atoms with Crippen molar-refractivity contribution in [3.8, 4) is 17.2 Å². The molecule has 0 N–H and O–H groups in total. The van der Waals surface area contributed by atoms with Crippen molar-refractivity contribution in [2.75, 3.05) is 13.7 Å². The molecular weight excluding hydrogens is 470 g/mol. The van der Waals surface area contributed by atoms with Crippen molar-refractivity contribution >= 4 is 11.0 Å². The Kier molecular flexibility index (Phi) is 8.97. The second-order valence-corrected chi connectivity index (χ2v) is 8.91. The number of fused-ring (bicyclic) bond motifs is 1. The van der Waals surface area contributed by atoms with Crippen LogP contribution in [0.15, 0.2) is 70.5 Å².